The summed E-state index contributed by atoms with van der Waals surface area (Å²) < 4.78 is 1.83. The number of rotatable bonds is 4. The molecule has 0 spiro atoms. The van der Waals surface area contributed by atoms with Gasteiger partial charge in [-0.25, -0.2) is 9.50 Å². The third kappa shape index (κ3) is 2.42. The van der Waals surface area contributed by atoms with Gasteiger partial charge in [-0.2, -0.15) is 5.10 Å². The molecule has 3 aromatic heterocycles. The number of nitrogens with zero attached hydrogens (tertiary/aromatic N) is 3. The highest BCUT2D eigenvalue weighted by Gasteiger charge is 2.00. The molecule has 0 amide bonds. The molecule has 0 radical (unpaired) electrons. The Kier molecular flexibility index (Phi) is 3.08. The second-order valence-electron chi connectivity index (χ2n) is 4.23. The molecular formula is C13H14N4S. The molecule has 0 unspecified atom stereocenters. The molecule has 3 aromatic rings. The van der Waals surface area contributed by atoms with Gasteiger partial charge in [-0.1, -0.05) is 6.07 Å². The van der Waals surface area contributed by atoms with Gasteiger partial charge < -0.3 is 5.32 Å². The lowest BCUT2D eigenvalue weighted by Crippen LogP contribution is -2.12. The lowest BCUT2D eigenvalue weighted by atomic mass is 10.3. The molecule has 18 heavy (non-hydrogen) atoms. The van der Waals surface area contributed by atoms with E-state index in [2.05, 4.69) is 32.9 Å². The van der Waals surface area contributed by atoms with Crippen molar-refractivity contribution in [1.82, 2.24) is 19.9 Å². The largest absolute Gasteiger partial charge is 0.308 e. The second kappa shape index (κ2) is 4.88. The molecule has 0 saturated heterocycles. The minimum absolute atomic E-state index is 0.805. The first kappa shape index (κ1) is 11.4. The van der Waals surface area contributed by atoms with Crippen LogP contribution in [0.15, 0.2) is 36.0 Å². The van der Waals surface area contributed by atoms with E-state index in [-0.39, 0.29) is 0 Å². The summed E-state index contributed by atoms with van der Waals surface area (Å²) >= 11 is 1.77. The Morgan fingerprint density at radius 2 is 2.33 bits per heavy atom. The summed E-state index contributed by atoms with van der Waals surface area (Å²) in [7, 11) is 0. The average Bonchev–Trinajstić information content (AvgIpc) is 2.96. The Labute approximate surface area is 109 Å². The highest BCUT2D eigenvalue weighted by atomic mass is 32.1. The van der Waals surface area contributed by atoms with Crippen LogP contribution < -0.4 is 5.32 Å². The molecule has 5 heteroatoms. The Bertz CT molecular complexity index is 642. The molecule has 4 nitrogen and oxygen atoms in total. The lowest BCUT2D eigenvalue weighted by molar-refractivity contribution is 0.692. The molecule has 0 atom stereocenters. The summed E-state index contributed by atoms with van der Waals surface area (Å²) in [6.07, 6.45) is 3.93. The highest BCUT2D eigenvalue weighted by Crippen LogP contribution is 2.08. The van der Waals surface area contributed by atoms with E-state index in [4.69, 9.17) is 0 Å². The minimum Gasteiger partial charge on any atom is -0.308 e. The quantitative estimate of drug-likeness (QED) is 0.781. The number of hydrogen-bond acceptors (Lipinski definition) is 4. The van der Waals surface area contributed by atoms with Crippen LogP contribution in [0.1, 0.15) is 16.1 Å². The average molecular weight is 258 g/mol. The Balaban J connectivity index is 1.67. The molecule has 3 heterocycles. The van der Waals surface area contributed by atoms with Gasteiger partial charge in [0.1, 0.15) is 0 Å². The fourth-order valence-corrected chi connectivity index (χ4v) is 2.54. The number of aromatic nitrogens is 3. The highest BCUT2D eigenvalue weighted by molar-refractivity contribution is 7.09. The Morgan fingerprint density at radius 1 is 1.39 bits per heavy atom. The van der Waals surface area contributed by atoms with Crippen LogP contribution in [-0.2, 0) is 13.1 Å². The fourth-order valence-electron chi connectivity index (χ4n) is 1.87. The van der Waals surface area contributed by atoms with Crippen molar-refractivity contribution in [2.75, 3.05) is 0 Å². The van der Waals surface area contributed by atoms with Crippen molar-refractivity contribution in [2.45, 2.75) is 20.0 Å². The molecular weight excluding hydrogens is 244 g/mol. The van der Waals surface area contributed by atoms with E-state index in [0.717, 1.165) is 30.0 Å². The molecule has 0 aliphatic carbocycles. The van der Waals surface area contributed by atoms with Gasteiger partial charge in [0.2, 0.25) is 0 Å². The smallest absolute Gasteiger partial charge is 0.155 e. The molecule has 0 bridgehead atoms. The lowest BCUT2D eigenvalue weighted by Gasteiger charge is -2.03. The van der Waals surface area contributed by atoms with Gasteiger partial charge in [0.15, 0.2) is 5.65 Å². The summed E-state index contributed by atoms with van der Waals surface area (Å²) in [6, 6.07) is 6.18. The van der Waals surface area contributed by atoms with Crippen molar-refractivity contribution in [3.05, 3.63) is 52.1 Å². The van der Waals surface area contributed by atoms with Crippen molar-refractivity contribution in [2.24, 2.45) is 0 Å². The number of nitrogens with one attached hydrogen (secondary N) is 1. The van der Waals surface area contributed by atoms with Crippen molar-refractivity contribution < 1.29 is 0 Å². The van der Waals surface area contributed by atoms with Crippen molar-refractivity contribution in [3.8, 4) is 0 Å². The summed E-state index contributed by atoms with van der Waals surface area (Å²) in [6.45, 7) is 3.68. The standard InChI is InChI=1S/C13H14N4S/c1-10-5-13-15-7-11(9-17(13)16-10)6-14-8-12-3-2-4-18-12/h2-5,7,9,14H,6,8H2,1H3. The van der Waals surface area contributed by atoms with Crippen LogP contribution in [0.2, 0.25) is 0 Å². The van der Waals surface area contributed by atoms with Crippen LogP contribution in [0.3, 0.4) is 0 Å². The normalized spacial score (nSPS) is 11.2. The Hall–Kier alpha value is -1.72. The molecule has 0 saturated carbocycles. The van der Waals surface area contributed by atoms with Gasteiger partial charge in [-0.05, 0) is 18.4 Å². The van der Waals surface area contributed by atoms with Crippen LogP contribution in [0.4, 0.5) is 0 Å². The monoisotopic (exact) mass is 258 g/mol. The first-order valence-corrected chi connectivity index (χ1v) is 6.73. The van der Waals surface area contributed by atoms with Crippen LogP contribution in [0.5, 0.6) is 0 Å². The van der Waals surface area contributed by atoms with Gasteiger partial charge in [0, 0.05) is 42.0 Å². The second-order valence-corrected chi connectivity index (χ2v) is 5.27. The number of hydrogen-bond donors (Lipinski definition) is 1. The van der Waals surface area contributed by atoms with Crippen LogP contribution in [0, 0.1) is 6.92 Å². The molecule has 0 fully saturated rings. The Morgan fingerprint density at radius 3 is 3.17 bits per heavy atom. The van der Waals surface area contributed by atoms with Gasteiger partial charge in [-0.15, -0.1) is 11.3 Å². The summed E-state index contributed by atoms with van der Waals surface area (Å²) in [5.74, 6) is 0. The van der Waals surface area contributed by atoms with Crippen LogP contribution in [0.25, 0.3) is 5.65 Å². The van der Waals surface area contributed by atoms with E-state index < -0.39 is 0 Å². The van der Waals surface area contributed by atoms with Gasteiger partial charge in [0.25, 0.3) is 0 Å². The zero-order valence-electron chi connectivity index (χ0n) is 10.1. The maximum Gasteiger partial charge on any atom is 0.155 e. The topological polar surface area (TPSA) is 42.2 Å². The fraction of sp³-hybridized carbons (Fsp3) is 0.231. The molecule has 92 valence electrons. The van der Waals surface area contributed by atoms with Gasteiger partial charge in [-0.3, -0.25) is 0 Å². The third-order valence-electron chi connectivity index (χ3n) is 2.70. The predicted molar refractivity (Wildman–Crippen MR) is 72.6 cm³/mol. The van der Waals surface area contributed by atoms with E-state index in [9.17, 15) is 0 Å². The predicted octanol–water partition coefficient (Wildman–Crippen LogP) is 2.39. The molecule has 1 N–H and O–H groups in total. The van der Waals surface area contributed by atoms with E-state index in [1.165, 1.54) is 4.88 Å². The minimum atomic E-state index is 0.805. The summed E-state index contributed by atoms with van der Waals surface area (Å²) in [5.41, 5.74) is 3.03. The van der Waals surface area contributed by atoms with Gasteiger partial charge >= 0.3 is 0 Å². The number of thiophene rings is 1. The molecule has 3 rings (SSSR count). The van der Waals surface area contributed by atoms with Crippen molar-refractivity contribution in [1.29, 1.82) is 0 Å². The number of aryl methyl sites for hydroxylation is 1. The van der Waals surface area contributed by atoms with E-state index in [1.54, 1.807) is 11.3 Å². The first-order chi connectivity index (χ1) is 8.81. The maximum atomic E-state index is 4.38. The van der Waals surface area contributed by atoms with Crippen LogP contribution in [-0.4, -0.2) is 14.6 Å². The molecule has 0 aromatic carbocycles. The zero-order chi connectivity index (χ0) is 12.4. The molecule has 0 aliphatic heterocycles. The van der Waals surface area contributed by atoms with E-state index >= 15 is 0 Å². The SMILES string of the molecule is Cc1cc2ncc(CNCc3cccs3)cn2n1. The first-order valence-electron chi connectivity index (χ1n) is 5.85. The van der Waals surface area contributed by atoms with Crippen molar-refractivity contribution in [3.63, 3.8) is 0 Å². The summed E-state index contributed by atoms with van der Waals surface area (Å²) in [5, 5.41) is 9.86. The van der Waals surface area contributed by atoms with E-state index in [1.807, 2.05) is 29.9 Å². The maximum absolute atomic E-state index is 4.38. The zero-order valence-corrected chi connectivity index (χ0v) is 10.9. The molecule has 0 aliphatic rings. The van der Waals surface area contributed by atoms with Crippen LogP contribution >= 0.6 is 11.3 Å². The van der Waals surface area contributed by atoms with Crippen molar-refractivity contribution >= 4 is 17.0 Å². The van der Waals surface area contributed by atoms with E-state index in [0.29, 0.717) is 0 Å². The number of fused-ring (bicyclic) bond motifs is 1. The third-order valence-corrected chi connectivity index (χ3v) is 3.57. The van der Waals surface area contributed by atoms with Gasteiger partial charge in [0.05, 0.1) is 5.69 Å². The summed E-state index contributed by atoms with van der Waals surface area (Å²) in [4.78, 5) is 5.73.